The molecule has 0 spiro atoms. The van der Waals surface area contributed by atoms with Crippen LogP contribution in [0.5, 0.6) is 5.75 Å². The number of benzene rings is 1. The topological polar surface area (TPSA) is 56.8 Å². The second-order valence-electron chi connectivity index (χ2n) is 4.05. The summed E-state index contributed by atoms with van der Waals surface area (Å²) in [6, 6.07) is 9.01. The molecule has 0 fully saturated rings. The molecule has 2 rings (SSSR count). The molecule has 3 nitrogen and oxygen atoms in total. The summed E-state index contributed by atoms with van der Waals surface area (Å²) in [5.74, 6) is 0.115. The van der Waals surface area contributed by atoms with Gasteiger partial charge in [-0.25, -0.2) is 4.39 Å². The van der Waals surface area contributed by atoms with E-state index in [4.69, 9.17) is 15.3 Å². The first-order valence-electron chi connectivity index (χ1n) is 5.88. The first kappa shape index (κ1) is 12.9. The molecule has 19 heavy (non-hydrogen) atoms. The first-order valence-corrected chi connectivity index (χ1v) is 5.88. The molecular weight excluding hydrogens is 243 g/mol. The van der Waals surface area contributed by atoms with Crippen LogP contribution in [0, 0.1) is 22.7 Å². The Morgan fingerprint density at radius 3 is 2.84 bits per heavy atom. The van der Waals surface area contributed by atoms with Crippen molar-refractivity contribution in [3.8, 4) is 17.9 Å². The summed E-state index contributed by atoms with van der Waals surface area (Å²) in [7, 11) is 0. The molecule has 0 bridgehead atoms. The smallest absolute Gasteiger partial charge is 0.161 e. The van der Waals surface area contributed by atoms with Crippen LogP contribution in [-0.2, 0) is 6.42 Å². The van der Waals surface area contributed by atoms with Crippen molar-refractivity contribution in [2.45, 2.75) is 19.3 Å². The molecule has 0 N–H and O–H groups in total. The van der Waals surface area contributed by atoms with Gasteiger partial charge in [-0.2, -0.15) is 10.5 Å². The van der Waals surface area contributed by atoms with Crippen molar-refractivity contribution < 1.29 is 9.13 Å². The highest BCUT2D eigenvalue weighted by Gasteiger charge is 2.14. The molecule has 0 atom stereocenters. The second kappa shape index (κ2) is 5.84. The maximum atomic E-state index is 13.6. The van der Waals surface area contributed by atoms with Gasteiger partial charge in [-0.3, -0.25) is 0 Å². The summed E-state index contributed by atoms with van der Waals surface area (Å²) in [4.78, 5) is 0. The van der Waals surface area contributed by atoms with Crippen molar-refractivity contribution in [1.29, 1.82) is 10.5 Å². The SMILES string of the molecule is N#CCc1cccc(OC2=C(F)C=CCC2)c1C#N. The Kier molecular flexibility index (Phi) is 3.95. The van der Waals surface area contributed by atoms with Crippen LogP contribution in [0.1, 0.15) is 24.0 Å². The van der Waals surface area contributed by atoms with Crippen molar-refractivity contribution in [1.82, 2.24) is 0 Å². The van der Waals surface area contributed by atoms with Crippen molar-refractivity contribution >= 4 is 0 Å². The fourth-order valence-corrected chi connectivity index (χ4v) is 1.87. The molecule has 0 unspecified atom stereocenters. The van der Waals surface area contributed by atoms with Gasteiger partial charge in [0.1, 0.15) is 17.6 Å². The highest BCUT2D eigenvalue weighted by molar-refractivity contribution is 5.50. The van der Waals surface area contributed by atoms with Crippen LogP contribution in [0.25, 0.3) is 0 Å². The summed E-state index contributed by atoms with van der Waals surface area (Å²) in [6.45, 7) is 0. The lowest BCUT2D eigenvalue weighted by Crippen LogP contribution is -2.03. The third-order valence-corrected chi connectivity index (χ3v) is 2.80. The molecule has 0 heterocycles. The minimum atomic E-state index is -0.416. The van der Waals surface area contributed by atoms with Gasteiger partial charge in [0.2, 0.25) is 0 Å². The van der Waals surface area contributed by atoms with E-state index in [1.807, 2.05) is 12.1 Å². The number of nitriles is 2. The molecule has 1 aromatic carbocycles. The van der Waals surface area contributed by atoms with E-state index in [2.05, 4.69) is 0 Å². The van der Waals surface area contributed by atoms with Gasteiger partial charge in [-0.1, -0.05) is 18.2 Å². The Morgan fingerprint density at radius 1 is 1.32 bits per heavy atom. The predicted octanol–water partition coefficient (Wildman–Crippen LogP) is 3.53. The number of hydrogen-bond acceptors (Lipinski definition) is 3. The lowest BCUT2D eigenvalue weighted by Gasteiger charge is -2.14. The standard InChI is InChI=1S/C15H11FN2O/c16-13-5-1-2-6-15(13)19-14-7-3-4-11(8-9-17)12(14)10-18/h1,3-5,7H,2,6,8H2. The molecular formula is C15H11FN2O. The summed E-state index contributed by atoms with van der Waals surface area (Å²) in [5, 5.41) is 17.9. The second-order valence-corrected chi connectivity index (χ2v) is 4.05. The Hall–Kier alpha value is -2.59. The van der Waals surface area contributed by atoms with Crippen LogP contribution in [-0.4, -0.2) is 0 Å². The molecule has 0 aliphatic heterocycles. The minimum Gasteiger partial charge on any atom is -0.457 e. The fraction of sp³-hybridized carbons (Fsp3) is 0.200. The molecule has 1 aromatic rings. The van der Waals surface area contributed by atoms with E-state index >= 15 is 0 Å². The third kappa shape index (κ3) is 2.81. The maximum absolute atomic E-state index is 13.6. The van der Waals surface area contributed by atoms with Crippen LogP contribution in [0.4, 0.5) is 4.39 Å². The van der Waals surface area contributed by atoms with Crippen LogP contribution < -0.4 is 4.74 Å². The maximum Gasteiger partial charge on any atom is 0.161 e. The van der Waals surface area contributed by atoms with Crippen molar-refractivity contribution in [2.24, 2.45) is 0 Å². The van der Waals surface area contributed by atoms with Crippen LogP contribution in [0.15, 0.2) is 41.9 Å². The highest BCUT2D eigenvalue weighted by Crippen LogP contribution is 2.28. The van der Waals surface area contributed by atoms with Crippen LogP contribution >= 0.6 is 0 Å². The van der Waals surface area contributed by atoms with E-state index in [-0.39, 0.29) is 12.2 Å². The summed E-state index contributed by atoms with van der Waals surface area (Å²) >= 11 is 0. The van der Waals surface area contributed by atoms with Gasteiger partial charge in [0, 0.05) is 6.42 Å². The van der Waals surface area contributed by atoms with Gasteiger partial charge >= 0.3 is 0 Å². The molecule has 0 saturated heterocycles. The molecule has 0 aromatic heterocycles. The van der Waals surface area contributed by atoms with Gasteiger partial charge in [-0.05, 0) is 24.1 Å². The first-order chi connectivity index (χ1) is 9.26. The van der Waals surface area contributed by atoms with Gasteiger partial charge in [0.15, 0.2) is 5.83 Å². The van der Waals surface area contributed by atoms with Crippen molar-refractivity contribution in [3.63, 3.8) is 0 Å². The molecule has 0 radical (unpaired) electrons. The molecule has 1 aliphatic carbocycles. The molecule has 0 amide bonds. The van der Waals surface area contributed by atoms with Crippen molar-refractivity contribution in [3.05, 3.63) is 53.1 Å². The summed E-state index contributed by atoms with van der Waals surface area (Å²) in [5.41, 5.74) is 0.883. The largest absolute Gasteiger partial charge is 0.457 e. The Morgan fingerprint density at radius 2 is 2.16 bits per heavy atom. The van der Waals surface area contributed by atoms with Gasteiger partial charge in [0.05, 0.1) is 18.1 Å². The number of ether oxygens (including phenoxy) is 1. The van der Waals surface area contributed by atoms with E-state index in [9.17, 15) is 4.39 Å². The quantitative estimate of drug-likeness (QED) is 0.829. The zero-order valence-electron chi connectivity index (χ0n) is 10.2. The highest BCUT2D eigenvalue weighted by atomic mass is 19.1. The Bertz CT molecular complexity index is 633. The van der Waals surface area contributed by atoms with E-state index < -0.39 is 5.83 Å². The lowest BCUT2D eigenvalue weighted by atomic mass is 10.0. The normalized spacial score (nSPS) is 13.8. The Balaban J connectivity index is 2.36. The zero-order chi connectivity index (χ0) is 13.7. The lowest BCUT2D eigenvalue weighted by molar-refractivity contribution is 0.375. The molecule has 0 saturated carbocycles. The van der Waals surface area contributed by atoms with E-state index in [1.165, 1.54) is 6.08 Å². The molecule has 4 heteroatoms. The number of nitrogens with zero attached hydrogens (tertiary/aromatic N) is 2. The number of halogens is 1. The van der Waals surface area contributed by atoms with Gasteiger partial charge in [0.25, 0.3) is 0 Å². The summed E-state index contributed by atoms with van der Waals surface area (Å²) in [6.07, 6.45) is 4.41. The molecule has 94 valence electrons. The van der Waals surface area contributed by atoms with E-state index in [0.29, 0.717) is 29.7 Å². The summed E-state index contributed by atoms with van der Waals surface area (Å²) < 4.78 is 19.0. The van der Waals surface area contributed by atoms with E-state index in [1.54, 1.807) is 24.3 Å². The van der Waals surface area contributed by atoms with Gasteiger partial charge in [-0.15, -0.1) is 0 Å². The molecule has 1 aliphatic rings. The minimum absolute atomic E-state index is 0.127. The average Bonchev–Trinajstić information content (AvgIpc) is 2.42. The number of allylic oxidation sites excluding steroid dienone is 4. The van der Waals surface area contributed by atoms with Crippen molar-refractivity contribution in [2.75, 3.05) is 0 Å². The van der Waals surface area contributed by atoms with Crippen LogP contribution in [0.3, 0.4) is 0 Å². The monoisotopic (exact) mass is 254 g/mol. The average molecular weight is 254 g/mol. The number of hydrogen-bond donors (Lipinski definition) is 0. The number of rotatable bonds is 3. The Labute approximate surface area is 110 Å². The predicted molar refractivity (Wildman–Crippen MR) is 67.6 cm³/mol. The third-order valence-electron chi connectivity index (χ3n) is 2.80. The van der Waals surface area contributed by atoms with Gasteiger partial charge < -0.3 is 4.74 Å². The van der Waals surface area contributed by atoms with E-state index in [0.717, 1.165) is 0 Å². The fourth-order valence-electron chi connectivity index (χ4n) is 1.87. The zero-order valence-corrected chi connectivity index (χ0v) is 10.2. The van der Waals surface area contributed by atoms with Crippen LogP contribution in [0.2, 0.25) is 0 Å².